The summed E-state index contributed by atoms with van der Waals surface area (Å²) in [6.07, 6.45) is 0.982. The highest BCUT2D eigenvalue weighted by molar-refractivity contribution is 5.34. The summed E-state index contributed by atoms with van der Waals surface area (Å²) in [5.74, 6) is 0.389. The first-order chi connectivity index (χ1) is 8.72. The highest BCUT2D eigenvalue weighted by Gasteiger charge is 2.12. The Hall–Kier alpha value is -1.06. The van der Waals surface area contributed by atoms with E-state index in [9.17, 15) is 5.11 Å². The Balaban J connectivity index is 2.50. The van der Waals surface area contributed by atoms with Crippen LogP contribution in [0.1, 0.15) is 38.8 Å². The van der Waals surface area contributed by atoms with Crippen molar-refractivity contribution < 1.29 is 5.11 Å². The first kappa shape index (κ1) is 15.0. The average Bonchev–Trinajstić information content (AvgIpc) is 2.40. The van der Waals surface area contributed by atoms with Gasteiger partial charge in [0, 0.05) is 24.7 Å². The van der Waals surface area contributed by atoms with Crippen LogP contribution in [0.3, 0.4) is 0 Å². The summed E-state index contributed by atoms with van der Waals surface area (Å²) in [7, 11) is 0. The number of likely N-dealkylation sites (N-methyl/N-ethyl adjacent to an activating group) is 1. The molecular formula is C15H26N2O. The fraction of sp³-hybridized carbons (Fsp3) is 0.600. The monoisotopic (exact) mass is 250 g/mol. The van der Waals surface area contributed by atoms with E-state index in [2.05, 4.69) is 31.0 Å². The van der Waals surface area contributed by atoms with Gasteiger partial charge in [0.15, 0.2) is 0 Å². The van der Waals surface area contributed by atoms with Crippen molar-refractivity contribution in [3.63, 3.8) is 0 Å². The van der Waals surface area contributed by atoms with Crippen molar-refractivity contribution in [2.45, 2.75) is 33.2 Å². The second kappa shape index (κ2) is 8.11. The molecule has 0 bridgehead atoms. The van der Waals surface area contributed by atoms with Crippen molar-refractivity contribution in [1.82, 2.24) is 10.2 Å². The molecule has 0 aromatic heterocycles. The molecule has 102 valence electrons. The van der Waals surface area contributed by atoms with Crippen molar-refractivity contribution in [3.8, 4) is 5.75 Å². The third-order valence-corrected chi connectivity index (χ3v) is 3.43. The van der Waals surface area contributed by atoms with Gasteiger partial charge in [0.2, 0.25) is 0 Å². The van der Waals surface area contributed by atoms with E-state index in [0.717, 1.165) is 38.2 Å². The Morgan fingerprint density at radius 1 is 1.17 bits per heavy atom. The number of phenolic OH excluding ortho intramolecular Hbond substituents is 1. The summed E-state index contributed by atoms with van der Waals surface area (Å²) < 4.78 is 0. The zero-order valence-corrected chi connectivity index (χ0v) is 11.8. The molecule has 0 aliphatic carbocycles. The van der Waals surface area contributed by atoms with Gasteiger partial charge in [0.05, 0.1) is 0 Å². The van der Waals surface area contributed by atoms with E-state index >= 15 is 0 Å². The van der Waals surface area contributed by atoms with E-state index in [1.54, 1.807) is 6.07 Å². The summed E-state index contributed by atoms with van der Waals surface area (Å²) in [6.45, 7) is 10.7. The molecule has 1 atom stereocenters. The molecular weight excluding hydrogens is 224 g/mol. The molecule has 3 heteroatoms. The van der Waals surface area contributed by atoms with Gasteiger partial charge >= 0.3 is 0 Å². The molecule has 1 unspecified atom stereocenters. The lowest BCUT2D eigenvalue weighted by atomic mass is 10.0. The average molecular weight is 250 g/mol. The number of hydrogen-bond donors (Lipinski definition) is 2. The van der Waals surface area contributed by atoms with E-state index < -0.39 is 0 Å². The SMILES string of the molecule is CCC(NCCN(CC)CC)c1ccccc1O. The van der Waals surface area contributed by atoms with Gasteiger partial charge in [-0.05, 0) is 25.6 Å². The Morgan fingerprint density at radius 3 is 2.39 bits per heavy atom. The fourth-order valence-electron chi connectivity index (χ4n) is 2.19. The minimum atomic E-state index is 0.238. The molecule has 1 aromatic carbocycles. The van der Waals surface area contributed by atoms with Crippen LogP contribution in [0.25, 0.3) is 0 Å². The highest BCUT2D eigenvalue weighted by atomic mass is 16.3. The van der Waals surface area contributed by atoms with E-state index in [1.807, 2.05) is 18.2 Å². The highest BCUT2D eigenvalue weighted by Crippen LogP contribution is 2.25. The summed E-state index contributed by atoms with van der Waals surface area (Å²) in [6, 6.07) is 7.82. The lowest BCUT2D eigenvalue weighted by molar-refractivity contribution is 0.295. The summed E-state index contributed by atoms with van der Waals surface area (Å²) in [4.78, 5) is 2.39. The molecule has 18 heavy (non-hydrogen) atoms. The number of nitrogens with one attached hydrogen (secondary N) is 1. The van der Waals surface area contributed by atoms with Gasteiger partial charge in [-0.3, -0.25) is 0 Å². The quantitative estimate of drug-likeness (QED) is 0.744. The third-order valence-electron chi connectivity index (χ3n) is 3.43. The standard InChI is InChI=1S/C15H26N2O/c1-4-14(13-9-7-8-10-15(13)18)16-11-12-17(5-2)6-3/h7-10,14,16,18H,4-6,11-12H2,1-3H3. The molecule has 0 amide bonds. The Kier molecular flexibility index (Phi) is 6.76. The van der Waals surface area contributed by atoms with Crippen LogP contribution in [0.2, 0.25) is 0 Å². The van der Waals surface area contributed by atoms with Crippen LogP contribution >= 0.6 is 0 Å². The number of nitrogens with zero attached hydrogens (tertiary/aromatic N) is 1. The lowest BCUT2D eigenvalue weighted by Gasteiger charge is -2.22. The van der Waals surface area contributed by atoms with Crippen LogP contribution in [0.5, 0.6) is 5.75 Å². The van der Waals surface area contributed by atoms with Gasteiger partial charge in [-0.1, -0.05) is 39.0 Å². The van der Waals surface area contributed by atoms with Gasteiger partial charge in [-0.15, -0.1) is 0 Å². The third kappa shape index (κ3) is 4.31. The van der Waals surface area contributed by atoms with Gasteiger partial charge in [-0.2, -0.15) is 0 Å². The second-order valence-corrected chi connectivity index (χ2v) is 4.50. The molecule has 0 fully saturated rings. The Morgan fingerprint density at radius 2 is 1.83 bits per heavy atom. The molecule has 0 aliphatic rings. The number of aromatic hydroxyl groups is 1. The maximum atomic E-state index is 9.86. The van der Waals surface area contributed by atoms with Crippen molar-refractivity contribution >= 4 is 0 Å². The number of rotatable bonds is 8. The molecule has 0 radical (unpaired) electrons. The molecule has 0 heterocycles. The summed E-state index contributed by atoms with van der Waals surface area (Å²) >= 11 is 0. The molecule has 2 N–H and O–H groups in total. The van der Waals surface area contributed by atoms with E-state index in [0.29, 0.717) is 5.75 Å². The topological polar surface area (TPSA) is 35.5 Å². The van der Waals surface area contributed by atoms with E-state index in [1.165, 1.54) is 0 Å². The molecule has 3 nitrogen and oxygen atoms in total. The molecule has 0 aliphatic heterocycles. The van der Waals surface area contributed by atoms with Crippen LogP contribution in [0.15, 0.2) is 24.3 Å². The Bertz CT molecular complexity index is 337. The van der Waals surface area contributed by atoms with Crippen molar-refractivity contribution in [2.24, 2.45) is 0 Å². The molecule has 0 saturated carbocycles. The van der Waals surface area contributed by atoms with E-state index in [-0.39, 0.29) is 6.04 Å². The van der Waals surface area contributed by atoms with Crippen molar-refractivity contribution in [1.29, 1.82) is 0 Å². The number of hydrogen-bond acceptors (Lipinski definition) is 3. The van der Waals surface area contributed by atoms with Crippen LogP contribution < -0.4 is 5.32 Å². The lowest BCUT2D eigenvalue weighted by Crippen LogP contribution is -2.33. The molecule has 0 spiro atoms. The molecule has 1 aromatic rings. The number of para-hydroxylation sites is 1. The smallest absolute Gasteiger partial charge is 0.120 e. The first-order valence-electron chi connectivity index (χ1n) is 6.96. The van der Waals surface area contributed by atoms with E-state index in [4.69, 9.17) is 0 Å². The molecule has 1 rings (SSSR count). The zero-order valence-electron chi connectivity index (χ0n) is 11.8. The second-order valence-electron chi connectivity index (χ2n) is 4.50. The summed E-state index contributed by atoms with van der Waals surface area (Å²) in [5.41, 5.74) is 1.000. The van der Waals surface area contributed by atoms with Crippen molar-refractivity contribution in [3.05, 3.63) is 29.8 Å². The van der Waals surface area contributed by atoms with Gasteiger partial charge in [-0.25, -0.2) is 0 Å². The van der Waals surface area contributed by atoms with Gasteiger partial charge in [0.25, 0.3) is 0 Å². The molecule has 0 saturated heterocycles. The maximum absolute atomic E-state index is 9.86. The predicted molar refractivity (Wildman–Crippen MR) is 76.9 cm³/mol. The van der Waals surface area contributed by atoms with Crippen LogP contribution in [-0.4, -0.2) is 36.2 Å². The fourth-order valence-corrected chi connectivity index (χ4v) is 2.19. The zero-order chi connectivity index (χ0) is 13.4. The van der Waals surface area contributed by atoms with Gasteiger partial charge < -0.3 is 15.3 Å². The normalized spacial score (nSPS) is 12.9. The predicted octanol–water partition coefficient (Wildman–Crippen LogP) is 2.77. The largest absolute Gasteiger partial charge is 0.508 e. The van der Waals surface area contributed by atoms with Crippen LogP contribution in [0, 0.1) is 0 Å². The summed E-state index contributed by atoms with van der Waals surface area (Å²) in [5, 5.41) is 13.4. The number of benzene rings is 1. The minimum Gasteiger partial charge on any atom is -0.508 e. The Labute approximate surface area is 111 Å². The van der Waals surface area contributed by atoms with Crippen LogP contribution in [-0.2, 0) is 0 Å². The van der Waals surface area contributed by atoms with Gasteiger partial charge in [0.1, 0.15) is 5.75 Å². The number of phenols is 1. The van der Waals surface area contributed by atoms with Crippen molar-refractivity contribution in [2.75, 3.05) is 26.2 Å². The maximum Gasteiger partial charge on any atom is 0.120 e. The first-order valence-corrected chi connectivity index (χ1v) is 6.96. The minimum absolute atomic E-state index is 0.238. The van der Waals surface area contributed by atoms with Crippen LogP contribution in [0.4, 0.5) is 0 Å².